The first-order valence-corrected chi connectivity index (χ1v) is 17.9. The van der Waals surface area contributed by atoms with Crippen molar-refractivity contribution in [3.05, 3.63) is 113 Å². The van der Waals surface area contributed by atoms with Crippen molar-refractivity contribution in [1.82, 2.24) is 0 Å². The number of methoxy groups -OCH3 is 4. The van der Waals surface area contributed by atoms with Crippen molar-refractivity contribution in [1.29, 1.82) is 0 Å². The molecule has 2 aliphatic rings. The van der Waals surface area contributed by atoms with Gasteiger partial charge in [-0.25, -0.2) is 9.59 Å². The van der Waals surface area contributed by atoms with Crippen LogP contribution in [0.5, 0.6) is 11.5 Å². The average molecular weight is 675 g/mol. The molecule has 0 unspecified atom stereocenters. The Bertz CT molecular complexity index is 1780. The van der Waals surface area contributed by atoms with Crippen molar-refractivity contribution < 1.29 is 28.5 Å². The highest BCUT2D eigenvalue weighted by Gasteiger charge is 2.21. The van der Waals surface area contributed by atoms with Crippen LogP contribution < -0.4 is 9.47 Å². The van der Waals surface area contributed by atoms with Gasteiger partial charge in [0, 0.05) is 0 Å². The first-order valence-electron chi connectivity index (χ1n) is 17.9. The normalized spacial score (nSPS) is 14.9. The fourth-order valence-electron chi connectivity index (χ4n) is 7.15. The molecule has 1 saturated carbocycles. The van der Waals surface area contributed by atoms with E-state index in [2.05, 4.69) is 30.3 Å². The van der Waals surface area contributed by atoms with Gasteiger partial charge in [-0.1, -0.05) is 74.6 Å². The van der Waals surface area contributed by atoms with Gasteiger partial charge in [-0.15, -0.1) is 0 Å². The quantitative estimate of drug-likeness (QED) is 0.137. The van der Waals surface area contributed by atoms with E-state index >= 15 is 0 Å². The van der Waals surface area contributed by atoms with Crippen LogP contribution in [0.15, 0.2) is 91.0 Å². The maximum absolute atomic E-state index is 12.0. The second-order valence-electron chi connectivity index (χ2n) is 13.0. The van der Waals surface area contributed by atoms with Crippen LogP contribution in [0.2, 0.25) is 0 Å². The molecular weight excluding hydrogens is 624 g/mol. The Hall–Kier alpha value is -4.84. The molecule has 6 heteroatoms. The molecule has 0 saturated heterocycles. The van der Waals surface area contributed by atoms with E-state index in [1.807, 2.05) is 60.7 Å². The van der Waals surface area contributed by atoms with Crippen LogP contribution >= 0.6 is 0 Å². The summed E-state index contributed by atoms with van der Waals surface area (Å²) in [7, 11) is 6.21. The molecule has 6 nitrogen and oxygen atoms in total. The van der Waals surface area contributed by atoms with Crippen LogP contribution in [-0.2, 0) is 9.47 Å². The van der Waals surface area contributed by atoms with Gasteiger partial charge in [0.05, 0.1) is 39.6 Å². The van der Waals surface area contributed by atoms with E-state index in [9.17, 15) is 9.59 Å². The molecule has 6 rings (SSSR count). The Morgan fingerprint density at radius 1 is 0.560 bits per heavy atom. The van der Waals surface area contributed by atoms with Crippen LogP contribution in [0.3, 0.4) is 0 Å². The van der Waals surface area contributed by atoms with Crippen molar-refractivity contribution >= 4 is 17.5 Å². The third kappa shape index (κ3) is 9.23. The van der Waals surface area contributed by atoms with Crippen molar-refractivity contribution in [3.8, 4) is 33.8 Å². The van der Waals surface area contributed by atoms with E-state index in [-0.39, 0.29) is 11.9 Å². The van der Waals surface area contributed by atoms with E-state index in [0.29, 0.717) is 17.0 Å². The fraction of sp³-hybridized carbons (Fsp3) is 0.364. The highest BCUT2D eigenvalue weighted by Crippen LogP contribution is 2.39. The number of allylic oxidation sites excluding steroid dienone is 2. The molecule has 0 radical (unpaired) electrons. The lowest BCUT2D eigenvalue weighted by atomic mass is 9.85. The number of benzene rings is 4. The lowest BCUT2D eigenvalue weighted by Gasteiger charge is -2.20. The Labute approximate surface area is 297 Å². The molecule has 50 heavy (non-hydrogen) atoms. The smallest absolute Gasteiger partial charge is 0.337 e. The van der Waals surface area contributed by atoms with E-state index in [1.165, 1.54) is 88.7 Å². The molecule has 0 atom stereocenters. The van der Waals surface area contributed by atoms with E-state index in [0.717, 1.165) is 46.6 Å². The van der Waals surface area contributed by atoms with Gasteiger partial charge >= 0.3 is 11.9 Å². The molecule has 1 fully saturated rings. The molecule has 4 aromatic rings. The summed E-state index contributed by atoms with van der Waals surface area (Å²) in [5.41, 5.74) is 9.48. The van der Waals surface area contributed by atoms with E-state index in [1.54, 1.807) is 14.2 Å². The van der Waals surface area contributed by atoms with Gasteiger partial charge in [0.25, 0.3) is 0 Å². The molecule has 2 aliphatic carbocycles. The Balaban J connectivity index is 0.000000194. The molecular formula is C44H50O6. The predicted octanol–water partition coefficient (Wildman–Crippen LogP) is 11.1. The van der Waals surface area contributed by atoms with Crippen LogP contribution in [-0.4, -0.2) is 40.4 Å². The Morgan fingerprint density at radius 3 is 1.72 bits per heavy atom. The summed E-state index contributed by atoms with van der Waals surface area (Å²) < 4.78 is 20.6. The minimum absolute atomic E-state index is 0.271. The van der Waals surface area contributed by atoms with Gasteiger partial charge in [0.2, 0.25) is 0 Å². The lowest BCUT2D eigenvalue weighted by molar-refractivity contribution is 0.0592. The highest BCUT2D eigenvalue weighted by atomic mass is 16.5. The van der Waals surface area contributed by atoms with Crippen molar-refractivity contribution in [2.75, 3.05) is 28.4 Å². The fourth-order valence-corrected chi connectivity index (χ4v) is 7.15. The van der Waals surface area contributed by atoms with E-state index < -0.39 is 0 Å². The lowest BCUT2D eigenvalue weighted by Crippen LogP contribution is -2.06. The molecule has 0 heterocycles. The van der Waals surface area contributed by atoms with Crippen molar-refractivity contribution in [2.45, 2.75) is 76.5 Å². The zero-order valence-corrected chi connectivity index (χ0v) is 30.0. The maximum atomic E-state index is 12.0. The van der Waals surface area contributed by atoms with Gasteiger partial charge < -0.3 is 18.9 Å². The summed E-state index contributed by atoms with van der Waals surface area (Å²) in [4.78, 5) is 24.0. The number of ether oxygens (including phenoxy) is 4. The number of hydrogen-bond donors (Lipinski definition) is 0. The summed E-state index contributed by atoms with van der Waals surface area (Å²) >= 11 is 0. The van der Waals surface area contributed by atoms with Crippen molar-refractivity contribution in [2.24, 2.45) is 0 Å². The van der Waals surface area contributed by atoms with Gasteiger partial charge in [-0.2, -0.15) is 0 Å². The molecule has 0 N–H and O–H groups in total. The second kappa shape index (κ2) is 18.2. The first kappa shape index (κ1) is 36.4. The number of hydrogen-bond acceptors (Lipinski definition) is 6. The molecule has 0 aliphatic heterocycles. The summed E-state index contributed by atoms with van der Waals surface area (Å²) in [5, 5.41) is 0. The SMILES string of the molecule is COC(=O)c1ccc(-c2cccc(OC)c2)c(C2=CCCCCC2)c1.COC(=O)c1ccc(-c2cccc(OC)c2)c(C2CCCCCC2)c1. The Morgan fingerprint density at radius 2 is 1.12 bits per heavy atom. The standard InChI is InChI=1S/C22H26O3.C22H24O3/c2*1-24-19-11-7-10-17(14-19)20-13-12-18(22(23)25-2)15-21(20)16-8-5-3-4-6-9-16/h7,10-16H,3-6,8-9H2,1-2H3;7-8,10-15H,3-6,9H2,1-2H3. The number of carbonyl (C=O) groups excluding carboxylic acids is 2. The van der Waals surface area contributed by atoms with Gasteiger partial charge in [-0.05, 0) is 132 Å². The molecule has 0 aromatic heterocycles. The molecule has 0 bridgehead atoms. The van der Waals surface area contributed by atoms with Crippen molar-refractivity contribution in [3.63, 3.8) is 0 Å². The molecule has 0 spiro atoms. The molecule has 4 aromatic carbocycles. The zero-order valence-electron chi connectivity index (χ0n) is 30.0. The number of rotatable bonds is 8. The summed E-state index contributed by atoms with van der Waals surface area (Å²) in [6.07, 6.45) is 15.6. The largest absolute Gasteiger partial charge is 0.497 e. The minimum Gasteiger partial charge on any atom is -0.497 e. The minimum atomic E-state index is -0.298. The van der Waals surface area contributed by atoms with Crippen LogP contribution in [0.4, 0.5) is 0 Å². The third-order valence-corrected chi connectivity index (χ3v) is 9.86. The predicted molar refractivity (Wildman–Crippen MR) is 201 cm³/mol. The number of carbonyl (C=O) groups is 2. The Kier molecular flexibility index (Phi) is 13.3. The summed E-state index contributed by atoms with van der Waals surface area (Å²) in [5.74, 6) is 1.60. The maximum Gasteiger partial charge on any atom is 0.337 e. The van der Waals surface area contributed by atoms with Crippen LogP contribution in [0, 0.1) is 0 Å². The van der Waals surface area contributed by atoms with Gasteiger partial charge in [0.15, 0.2) is 0 Å². The van der Waals surface area contributed by atoms with Crippen LogP contribution in [0.1, 0.15) is 108 Å². The summed E-state index contributed by atoms with van der Waals surface area (Å²) in [6.45, 7) is 0. The topological polar surface area (TPSA) is 71.1 Å². The van der Waals surface area contributed by atoms with Gasteiger partial charge in [0.1, 0.15) is 11.5 Å². The highest BCUT2D eigenvalue weighted by molar-refractivity contribution is 5.93. The van der Waals surface area contributed by atoms with Crippen LogP contribution in [0.25, 0.3) is 27.8 Å². The summed E-state index contributed by atoms with van der Waals surface area (Å²) in [6, 6.07) is 28.0. The first-order chi connectivity index (χ1) is 24.4. The number of esters is 2. The van der Waals surface area contributed by atoms with E-state index in [4.69, 9.17) is 18.9 Å². The average Bonchev–Trinajstić information content (AvgIpc) is 3.63. The molecule has 0 amide bonds. The monoisotopic (exact) mass is 674 g/mol. The molecule has 262 valence electrons. The second-order valence-corrected chi connectivity index (χ2v) is 13.0. The third-order valence-electron chi connectivity index (χ3n) is 9.86. The zero-order chi connectivity index (χ0) is 35.3. The van der Waals surface area contributed by atoms with Gasteiger partial charge in [-0.3, -0.25) is 0 Å².